The first-order valence-corrected chi connectivity index (χ1v) is 6.08. The fourth-order valence-electron chi connectivity index (χ4n) is 1.93. The summed E-state index contributed by atoms with van der Waals surface area (Å²) in [5.74, 6) is 1.21. The number of benzene rings is 2. The van der Waals surface area contributed by atoms with Gasteiger partial charge in [0.25, 0.3) is 0 Å². The molecule has 2 aromatic carbocycles. The van der Waals surface area contributed by atoms with E-state index in [9.17, 15) is 4.39 Å². The number of fused-ring (bicyclic) bond motifs is 1. The van der Waals surface area contributed by atoms with Crippen molar-refractivity contribution >= 4 is 11.0 Å². The molecule has 0 aliphatic heterocycles. The minimum absolute atomic E-state index is 0.265. The van der Waals surface area contributed by atoms with Gasteiger partial charge in [-0.2, -0.15) is 0 Å². The van der Waals surface area contributed by atoms with Crippen molar-refractivity contribution in [2.45, 2.75) is 13.5 Å². The summed E-state index contributed by atoms with van der Waals surface area (Å²) >= 11 is 0. The van der Waals surface area contributed by atoms with Crippen molar-refractivity contribution in [1.29, 1.82) is 0 Å². The SMILES string of the molecule is Cc1ccc(OCc2cc3cc(F)ccc3o2)cc1. The van der Waals surface area contributed by atoms with Crippen LogP contribution in [0.2, 0.25) is 0 Å². The standard InChI is InChI=1S/C16H13FO2/c1-11-2-5-14(6-3-11)18-10-15-9-12-8-13(17)4-7-16(12)19-15/h2-9H,10H2,1H3. The number of furan rings is 1. The Morgan fingerprint density at radius 2 is 1.84 bits per heavy atom. The van der Waals surface area contributed by atoms with Crippen LogP contribution in [0.4, 0.5) is 4.39 Å². The quantitative estimate of drug-likeness (QED) is 0.690. The summed E-state index contributed by atoms with van der Waals surface area (Å²) in [6.45, 7) is 2.36. The minimum atomic E-state index is -0.265. The molecule has 96 valence electrons. The first-order valence-electron chi connectivity index (χ1n) is 6.08. The van der Waals surface area contributed by atoms with Crippen molar-refractivity contribution < 1.29 is 13.5 Å². The van der Waals surface area contributed by atoms with Crippen LogP contribution in [0.15, 0.2) is 52.9 Å². The average molecular weight is 256 g/mol. The van der Waals surface area contributed by atoms with Gasteiger partial charge >= 0.3 is 0 Å². The van der Waals surface area contributed by atoms with Gasteiger partial charge < -0.3 is 9.15 Å². The molecule has 3 aromatic rings. The first-order chi connectivity index (χ1) is 9.20. The van der Waals surface area contributed by atoms with Crippen LogP contribution in [0.25, 0.3) is 11.0 Å². The summed E-state index contributed by atoms with van der Waals surface area (Å²) < 4.78 is 24.3. The van der Waals surface area contributed by atoms with Crippen LogP contribution in [0.3, 0.4) is 0 Å². The van der Waals surface area contributed by atoms with Gasteiger partial charge in [-0.05, 0) is 43.3 Å². The van der Waals surface area contributed by atoms with Crippen molar-refractivity contribution in [3.8, 4) is 5.75 Å². The Kier molecular flexibility index (Phi) is 2.95. The highest BCUT2D eigenvalue weighted by Gasteiger charge is 2.05. The smallest absolute Gasteiger partial charge is 0.146 e. The molecule has 0 radical (unpaired) electrons. The maximum Gasteiger partial charge on any atom is 0.146 e. The van der Waals surface area contributed by atoms with Crippen molar-refractivity contribution in [3.05, 3.63) is 65.7 Å². The van der Waals surface area contributed by atoms with E-state index in [0.29, 0.717) is 18.0 Å². The van der Waals surface area contributed by atoms with Crippen LogP contribution in [-0.4, -0.2) is 0 Å². The molecule has 0 aliphatic rings. The summed E-state index contributed by atoms with van der Waals surface area (Å²) in [6, 6.07) is 14.1. The van der Waals surface area contributed by atoms with Gasteiger partial charge in [-0.3, -0.25) is 0 Å². The lowest BCUT2D eigenvalue weighted by molar-refractivity contribution is 0.274. The molecule has 0 fully saturated rings. The van der Waals surface area contributed by atoms with E-state index in [-0.39, 0.29) is 5.82 Å². The fourth-order valence-corrected chi connectivity index (χ4v) is 1.93. The Hall–Kier alpha value is -2.29. The van der Waals surface area contributed by atoms with Gasteiger partial charge in [0.2, 0.25) is 0 Å². The largest absolute Gasteiger partial charge is 0.486 e. The molecule has 0 saturated heterocycles. The highest BCUT2D eigenvalue weighted by molar-refractivity contribution is 5.77. The number of hydrogen-bond acceptors (Lipinski definition) is 2. The Morgan fingerprint density at radius 3 is 2.63 bits per heavy atom. The molecule has 0 N–H and O–H groups in total. The molecule has 0 amide bonds. The maximum absolute atomic E-state index is 13.1. The third kappa shape index (κ3) is 2.60. The molecule has 0 saturated carbocycles. The zero-order valence-electron chi connectivity index (χ0n) is 10.5. The number of hydrogen-bond donors (Lipinski definition) is 0. The van der Waals surface area contributed by atoms with E-state index < -0.39 is 0 Å². The van der Waals surface area contributed by atoms with E-state index in [1.807, 2.05) is 31.2 Å². The molecule has 3 heteroatoms. The molecule has 1 heterocycles. The van der Waals surface area contributed by atoms with Gasteiger partial charge in [0, 0.05) is 5.39 Å². The van der Waals surface area contributed by atoms with Crippen molar-refractivity contribution in [2.75, 3.05) is 0 Å². The van der Waals surface area contributed by atoms with Crippen LogP contribution in [0.1, 0.15) is 11.3 Å². The molecular formula is C16H13FO2. The molecule has 0 atom stereocenters. The molecule has 0 aliphatic carbocycles. The Balaban J connectivity index is 1.76. The summed E-state index contributed by atoms with van der Waals surface area (Å²) in [5, 5.41) is 0.752. The number of aryl methyl sites for hydroxylation is 1. The normalized spacial score (nSPS) is 10.8. The zero-order valence-corrected chi connectivity index (χ0v) is 10.5. The van der Waals surface area contributed by atoms with Gasteiger partial charge in [0.15, 0.2) is 0 Å². The summed E-state index contributed by atoms with van der Waals surface area (Å²) in [7, 11) is 0. The molecule has 3 rings (SSSR count). The van der Waals surface area contributed by atoms with Crippen molar-refractivity contribution in [1.82, 2.24) is 0 Å². The predicted molar refractivity (Wildman–Crippen MR) is 71.7 cm³/mol. The molecule has 2 nitrogen and oxygen atoms in total. The van der Waals surface area contributed by atoms with E-state index in [4.69, 9.17) is 9.15 Å². The van der Waals surface area contributed by atoms with E-state index in [2.05, 4.69) is 0 Å². The van der Waals surface area contributed by atoms with Gasteiger partial charge in [0.05, 0.1) is 0 Å². The van der Waals surface area contributed by atoms with Gasteiger partial charge in [0.1, 0.15) is 29.5 Å². The monoisotopic (exact) mass is 256 g/mol. The molecule has 0 bridgehead atoms. The molecule has 19 heavy (non-hydrogen) atoms. The lowest BCUT2D eigenvalue weighted by Crippen LogP contribution is -1.93. The number of halogens is 1. The van der Waals surface area contributed by atoms with Crippen LogP contribution in [0, 0.1) is 12.7 Å². The van der Waals surface area contributed by atoms with Gasteiger partial charge in [-0.15, -0.1) is 0 Å². The topological polar surface area (TPSA) is 22.4 Å². The van der Waals surface area contributed by atoms with Crippen molar-refractivity contribution in [2.24, 2.45) is 0 Å². The summed E-state index contributed by atoms with van der Waals surface area (Å²) in [5.41, 5.74) is 1.86. The van der Waals surface area contributed by atoms with Gasteiger partial charge in [-0.25, -0.2) is 4.39 Å². The lowest BCUT2D eigenvalue weighted by atomic mass is 10.2. The fraction of sp³-hybridized carbons (Fsp3) is 0.125. The summed E-state index contributed by atoms with van der Waals surface area (Å²) in [6.07, 6.45) is 0. The zero-order chi connectivity index (χ0) is 13.2. The average Bonchev–Trinajstić information content (AvgIpc) is 2.80. The first kappa shape index (κ1) is 11.8. The molecule has 1 aromatic heterocycles. The second-order valence-electron chi connectivity index (χ2n) is 4.50. The van der Waals surface area contributed by atoms with Crippen LogP contribution in [-0.2, 0) is 6.61 Å². The lowest BCUT2D eigenvalue weighted by Gasteiger charge is -2.03. The second kappa shape index (κ2) is 4.76. The molecule has 0 unspecified atom stereocenters. The van der Waals surface area contributed by atoms with E-state index in [1.54, 1.807) is 12.1 Å². The van der Waals surface area contributed by atoms with Gasteiger partial charge in [-0.1, -0.05) is 17.7 Å². The van der Waals surface area contributed by atoms with Crippen LogP contribution < -0.4 is 4.74 Å². The second-order valence-corrected chi connectivity index (χ2v) is 4.50. The van der Waals surface area contributed by atoms with Crippen LogP contribution >= 0.6 is 0 Å². The highest BCUT2D eigenvalue weighted by atomic mass is 19.1. The van der Waals surface area contributed by atoms with Crippen LogP contribution in [0.5, 0.6) is 5.75 Å². The Labute approximate surface area is 110 Å². The molecular weight excluding hydrogens is 243 g/mol. The Morgan fingerprint density at radius 1 is 1.05 bits per heavy atom. The third-order valence-corrected chi connectivity index (χ3v) is 2.93. The van der Waals surface area contributed by atoms with Crippen molar-refractivity contribution in [3.63, 3.8) is 0 Å². The molecule has 0 spiro atoms. The summed E-state index contributed by atoms with van der Waals surface area (Å²) in [4.78, 5) is 0. The number of rotatable bonds is 3. The van der Waals surface area contributed by atoms with E-state index in [0.717, 1.165) is 11.1 Å². The minimum Gasteiger partial charge on any atom is -0.486 e. The maximum atomic E-state index is 13.1. The Bertz CT molecular complexity index is 698. The third-order valence-electron chi connectivity index (χ3n) is 2.93. The van der Waals surface area contributed by atoms with E-state index in [1.165, 1.54) is 17.7 Å². The van der Waals surface area contributed by atoms with E-state index >= 15 is 0 Å². The predicted octanol–water partition coefficient (Wildman–Crippen LogP) is 4.46. The highest BCUT2D eigenvalue weighted by Crippen LogP contribution is 2.22. The number of ether oxygens (including phenoxy) is 1.